The number of sulfonamides is 1. The molecule has 156 valence electrons. The van der Waals surface area contributed by atoms with Gasteiger partial charge in [-0.15, -0.1) is 0 Å². The number of methoxy groups -OCH3 is 1. The highest BCUT2D eigenvalue weighted by Gasteiger charge is 2.28. The van der Waals surface area contributed by atoms with Crippen LogP contribution in [-0.4, -0.2) is 33.4 Å². The summed E-state index contributed by atoms with van der Waals surface area (Å²) in [7, 11) is -2.49. The van der Waals surface area contributed by atoms with E-state index >= 15 is 0 Å². The molecule has 0 unspecified atom stereocenters. The van der Waals surface area contributed by atoms with Gasteiger partial charge in [0.2, 0.25) is 10.0 Å². The van der Waals surface area contributed by atoms with Gasteiger partial charge in [0.05, 0.1) is 12.0 Å². The number of carbonyl (C=O) groups excluding carboxylic acids is 2. The van der Waals surface area contributed by atoms with Gasteiger partial charge in [-0.1, -0.05) is 31.5 Å². The van der Waals surface area contributed by atoms with Crippen molar-refractivity contribution in [1.82, 2.24) is 15.6 Å². The van der Waals surface area contributed by atoms with Gasteiger partial charge < -0.3 is 4.74 Å². The van der Waals surface area contributed by atoms with Crippen LogP contribution in [0.15, 0.2) is 53.4 Å². The molecule has 2 aromatic carbocycles. The van der Waals surface area contributed by atoms with Crippen LogP contribution in [0.3, 0.4) is 0 Å². The topological polar surface area (TPSA) is 114 Å². The first-order valence-corrected chi connectivity index (χ1v) is 10.5. The molecule has 0 saturated heterocycles. The van der Waals surface area contributed by atoms with Crippen LogP contribution in [0.1, 0.15) is 24.2 Å². The van der Waals surface area contributed by atoms with Gasteiger partial charge in [-0.25, -0.2) is 8.42 Å². The van der Waals surface area contributed by atoms with Crippen molar-refractivity contribution in [2.75, 3.05) is 7.11 Å². The third-order valence-electron chi connectivity index (χ3n) is 3.99. The highest BCUT2D eigenvalue weighted by molar-refractivity contribution is 7.89. The van der Waals surface area contributed by atoms with Gasteiger partial charge in [-0.2, -0.15) is 4.72 Å². The fraction of sp³-hybridized carbons (Fsp3) is 0.263. The largest absolute Gasteiger partial charge is 0.497 e. The number of amides is 2. The van der Waals surface area contributed by atoms with Gasteiger partial charge in [0.15, 0.2) is 0 Å². The van der Waals surface area contributed by atoms with E-state index in [1.165, 1.54) is 37.4 Å². The standard InChI is InChI=1S/C19H22ClN3O5S/c1-12(2)17(23-29(26,27)16-6-4-5-14(20)11-16)19(25)22-21-18(24)13-7-9-15(28-3)10-8-13/h4-12,17,23H,1-3H3,(H,21,24)(H,22,25)/t17-/m1/s1. The normalized spacial score (nSPS) is 12.3. The van der Waals surface area contributed by atoms with Crippen molar-refractivity contribution in [2.45, 2.75) is 24.8 Å². The fourth-order valence-corrected chi connectivity index (χ4v) is 4.02. The van der Waals surface area contributed by atoms with E-state index < -0.39 is 27.9 Å². The third kappa shape index (κ3) is 6.18. The molecule has 29 heavy (non-hydrogen) atoms. The van der Waals surface area contributed by atoms with Crippen molar-refractivity contribution in [3.8, 4) is 5.75 Å². The SMILES string of the molecule is COc1ccc(C(=O)NNC(=O)[C@H](NS(=O)(=O)c2cccc(Cl)c2)C(C)C)cc1. The predicted octanol–water partition coefficient (Wildman–Crippen LogP) is 2.11. The second-order valence-electron chi connectivity index (χ2n) is 6.47. The molecular weight excluding hydrogens is 418 g/mol. The lowest BCUT2D eigenvalue weighted by Crippen LogP contribution is -2.54. The smallest absolute Gasteiger partial charge is 0.269 e. The van der Waals surface area contributed by atoms with Crippen LogP contribution in [0, 0.1) is 5.92 Å². The van der Waals surface area contributed by atoms with Gasteiger partial charge >= 0.3 is 0 Å². The number of rotatable bonds is 7. The second-order valence-corrected chi connectivity index (χ2v) is 8.62. The van der Waals surface area contributed by atoms with Crippen LogP contribution >= 0.6 is 11.6 Å². The molecule has 0 fully saturated rings. The summed E-state index contributed by atoms with van der Waals surface area (Å²) in [5, 5.41) is 0.255. The van der Waals surface area contributed by atoms with Gasteiger partial charge in [-0.05, 0) is 48.4 Å². The fourth-order valence-electron chi connectivity index (χ4n) is 2.37. The molecule has 0 heterocycles. The number of ether oxygens (including phenoxy) is 1. The molecule has 0 radical (unpaired) electrons. The Hall–Kier alpha value is -2.62. The van der Waals surface area contributed by atoms with Crippen LogP contribution in [-0.2, 0) is 14.8 Å². The van der Waals surface area contributed by atoms with E-state index in [9.17, 15) is 18.0 Å². The molecule has 2 aromatic rings. The van der Waals surface area contributed by atoms with E-state index in [-0.39, 0.29) is 15.8 Å². The molecular formula is C19H22ClN3O5S. The first-order valence-electron chi connectivity index (χ1n) is 8.66. The zero-order chi connectivity index (χ0) is 21.6. The molecule has 2 rings (SSSR count). The quantitative estimate of drug-likeness (QED) is 0.572. The second kappa shape index (κ2) is 9.73. The van der Waals surface area contributed by atoms with Gasteiger partial charge in [0.1, 0.15) is 11.8 Å². The molecule has 0 bridgehead atoms. The number of hydrogen-bond donors (Lipinski definition) is 3. The van der Waals surface area contributed by atoms with Crippen LogP contribution in [0.2, 0.25) is 5.02 Å². The highest BCUT2D eigenvalue weighted by atomic mass is 35.5. The Balaban J connectivity index is 2.06. The van der Waals surface area contributed by atoms with Crippen molar-refractivity contribution in [2.24, 2.45) is 5.92 Å². The Morgan fingerprint density at radius 3 is 2.24 bits per heavy atom. The zero-order valence-electron chi connectivity index (χ0n) is 16.1. The van der Waals surface area contributed by atoms with Crippen molar-refractivity contribution in [1.29, 1.82) is 0 Å². The maximum Gasteiger partial charge on any atom is 0.269 e. The Morgan fingerprint density at radius 2 is 1.69 bits per heavy atom. The van der Waals surface area contributed by atoms with E-state index in [0.29, 0.717) is 11.3 Å². The summed E-state index contributed by atoms with van der Waals surface area (Å²) in [6.07, 6.45) is 0. The number of benzene rings is 2. The highest BCUT2D eigenvalue weighted by Crippen LogP contribution is 2.17. The summed E-state index contributed by atoms with van der Waals surface area (Å²) in [6, 6.07) is 10.8. The van der Waals surface area contributed by atoms with Gasteiger partial charge in [-0.3, -0.25) is 20.4 Å². The van der Waals surface area contributed by atoms with Crippen molar-refractivity contribution in [3.05, 3.63) is 59.1 Å². The number of halogens is 1. The van der Waals surface area contributed by atoms with E-state index in [1.54, 1.807) is 32.0 Å². The Labute approximate surface area is 174 Å². The third-order valence-corrected chi connectivity index (χ3v) is 5.66. The molecule has 10 heteroatoms. The molecule has 0 aliphatic heterocycles. The molecule has 2 amide bonds. The van der Waals surface area contributed by atoms with Gasteiger partial charge in [0.25, 0.3) is 11.8 Å². The summed E-state index contributed by atoms with van der Waals surface area (Å²) in [5.41, 5.74) is 4.82. The van der Waals surface area contributed by atoms with Crippen molar-refractivity contribution >= 4 is 33.4 Å². The van der Waals surface area contributed by atoms with Gasteiger partial charge in [0, 0.05) is 10.6 Å². The maximum absolute atomic E-state index is 12.6. The number of carbonyl (C=O) groups is 2. The lowest BCUT2D eigenvalue weighted by atomic mass is 10.1. The molecule has 0 spiro atoms. The van der Waals surface area contributed by atoms with Crippen LogP contribution in [0.5, 0.6) is 5.75 Å². The number of nitrogens with one attached hydrogen (secondary N) is 3. The Bertz CT molecular complexity index is 978. The molecule has 8 nitrogen and oxygen atoms in total. The lowest BCUT2D eigenvalue weighted by molar-refractivity contribution is -0.124. The molecule has 3 N–H and O–H groups in total. The average Bonchev–Trinajstić information content (AvgIpc) is 2.70. The maximum atomic E-state index is 12.6. The summed E-state index contributed by atoms with van der Waals surface area (Å²) in [4.78, 5) is 24.6. The van der Waals surface area contributed by atoms with Crippen LogP contribution < -0.4 is 20.3 Å². The molecule has 0 aliphatic carbocycles. The summed E-state index contributed by atoms with van der Waals surface area (Å²) < 4.78 is 32.5. The van der Waals surface area contributed by atoms with E-state index in [0.717, 1.165) is 0 Å². The monoisotopic (exact) mass is 439 g/mol. The molecule has 0 aliphatic rings. The van der Waals surface area contributed by atoms with E-state index in [4.69, 9.17) is 16.3 Å². The minimum atomic E-state index is -3.99. The molecule has 1 atom stereocenters. The number of hydrogen-bond acceptors (Lipinski definition) is 5. The summed E-state index contributed by atoms with van der Waals surface area (Å²) in [6.45, 7) is 3.35. The van der Waals surface area contributed by atoms with Crippen molar-refractivity contribution < 1.29 is 22.7 Å². The van der Waals surface area contributed by atoms with E-state index in [2.05, 4.69) is 15.6 Å². The first kappa shape index (κ1) is 22.7. The van der Waals surface area contributed by atoms with E-state index in [1.807, 2.05) is 0 Å². The number of hydrazine groups is 1. The minimum absolute atomic E-state index is 0.0641. The Morgan fingerprint density at radius 1 is 1.03 bits per heavy atom. The van der Waals surface area contributed by atoms with Crippen LogP contribution in [0.25, 0.3) is 0 Å². The Kier molecular flexibility index (Phi) is 7.60. The predicted molar refractivity (Wildman–Crippen MR) is 109 cm³/mol. The summed E-state index contributed by atoms with van der Waals surface area (Å²) in [5.74, 6) is -1.06. The first-order chi connectivity index (χ1) is 13.6. The zero-order valence-corrected chi connectivity index (χ0v) is 17.7. The van der Waals surface area contributed by atoms with Crippen molar-refractivity contribution in [3.63, 3.8) is 0 Å². The average molecular weight is 440 g/mol. The lowest BCUT2D eigenvalue weighted by Gasteiger charge is -2.21. The summed E-state index contributed by atoms with van der Waals surface area (Å²) >= 11 is 5.85. The minimum Gasteiger partial charge on any atom is -0.497 e. The molecule has 0 saturated carbocycles. The van der Waals surface area contributed by atoms with Crippen LogP contribution in [0.4, 0.5) is 0 Å². The molecule has 0 aromatic heterocycles.